The van der Waals surface area contributed by atoms with Crippen LogP contribution in [0, 0.1) is 0 Å². The van der Waals surface area contributed by atoms with Gasteiger partial charge in [0.15, 0.2) is 0 Å². The van der Waals surface area contributed by atoms with Gasteiger partial charge in [-0.15, -0.1) is 6.58 Å². The Morgan fingerprint density at radius 3 is 2.76 bits per heavy atom. The number of ether oxygens (including phenoxy) is 1. The molecule has 130 valence electrons. The minimum atomic E-state index is -0.839. The maximum absolute atomic E-state index is 11.7. The van der Waals surface area contributed by atoms with Crippen molar-refractivity contribution in [2.45, 2.75) is 13.3 Å². The third-order valence-corrected chi connectivity index (χ3v) is 3.37. The summed E-state index contributed by atoms with van der Waals surface area (Å²) >= 11 is 0. The van der Waals surface area contributed by atoms with Crippen molar-refractivity contribution in [3.63, 3.8) is 0 Å². The van der Waals surface area contributed by atoms with Gasteiger partial charge in [0.05, 0.1) is 12.8 Å². The summed E-state index contributed by atoms with van der Waals surface area (Å²) in [5.41, 5.74) is 2.96. The van der Waals surface area contributed by atoms with Crippen LogP contribution in [0.25, 0.3) is 10.8 Å². The lowest BCUT2D eigenvalue weighted by Gasteiger charge is -2.11. The second-order valence-electron chi connectivity index (χ2n) is 5.24. The monoisotopic (exact) mass is 339 g/mol. The Balaban J connectivity index is 2.21. The molecule has 0 aliphatic rings. The van der Waals surface area contributed by atoms with Crippen molar-refractivity contribution in [2.75, 3.05) is 13.2 Å². The van der Waals surface area contributed by atoms with Gasteiger partial charge in [0, 0.05) is 12.1 Å². The van der Waals surface area contributed by atoms with Gasteiger partial charge >= 0.3 is 11.8 Å². The number of fused-ring (bicyclic) bond motifs is 1. The Morgan fingerprint density at radius 2 is 2.00 bits per heavy atom. The molecule has 0 aliphatic carbocycles. The van der Waals surface area contributed by atoms with Gasteiger partial charge in [0.2, 0.25) is 0 Å². The van der Waals surface area contributed by atoms with Crippen LogP contribution in [0.1, 0.15) is 18.9 Å². The van der Waals surface area contributed by atoms with E-state index in [1.54, 1.807) is 0 Å². The van der Waals surface area contributed by atoms with Gasteiger partial charge in [-0.25, -0.2) is 5.43 Å². The molecule has 2 aromatic rings. The van der Waals surface area contributed by atoms with Gasteiger partial charge in [-0.2, -0.15) is 5.10 Å². The number of hydrogen-bond donors (Lipinski definition) is 2. The van der Waals surface area contributed by atoms with E-state index in [1.807, 2.05) is 43.3 Å². The van der Waals surface area contributed by atoms with Gasteiger partial charge in [-0.1, -0.05) is 43.3 Å². The summed E-state index contributed by atoms with van der Waals surface area (Å²) in [7, 11) is 0. The highest BCUT2D eigenvalue weighted by Gasteiger charge is 2.11. The summed E-state index contributed by atoms with van der Waals surface area (Å²) in [5, 5.41) is 8.26. The summed E-state index contributed by atoms with van der Waals surface area (Å²) in [6, 6.07) is 11.6. The predicted octanol–water partition coefficient (Wildman–Crippen LogP) is 2.38. The Hall–Kier alpha value is -3.15. The van der Waals surface area contributed by atoms with E-state index in [1.165, 1.54) is 12.3 Å². The van der Waals surface area contributed by atoms with Gasteiger partial charge in [-0.05, 0) is 23.3 Å². The average Bonchev–Trinajstić information content (AvgIpc) is 2.64. The van der Waals surface area contributed by atoms with Crippen molar-refractivity contribution in [2.24, 2.45) is 5.10 Å². The number of nitrogens with one attached hydrogen (secondary N) is 2. The Morgan fingerprint density at radius 1 is 1.20 bits per heavy atom. The predicted molar refractivity (Wildman–Crippen MR) is 98.7 cm³/mol. The number of amides is 2. The highest BCUT2D eigenvalue weighted by Crippen LogP contribution is 2.26. The summed E-state index contributed by atoms with van der Waals surface area (Å²) in [4.78, 5) is 23.2. The molecule has 0 fully saturated rings. The smallest absolute Gasteiger partial charge is 0.329 e. The first-order valence-electron chi connectivity index (χ1n) is 8.04. The van der Waals surface area contributed by atoms with E-state index in [-0.39, 0.29) is 6.54 Å². The first-order chi connectivity index (χ1) is 12.2. The first kappa shape index (κ1) is 18.2. The lowest BCUT2D eigenvalue weighted by atomic mass is 10.0. The van der Waals surface area contributed by atoms with Crippen molar-refractivity contribution in [1.82, 2.24) is 10.7 Å². The zero-order valence-electron chi connectivity index (χ0n) is 14.1. The fraction of sp³-hybridized carbons (Fsp3) is 0.211. The standard InChI is InChI=1S/C19H21N3O3/c1-3-11-20-18(23)19(24)22-21-13-16-15-8-6-5-7-14(15)9-10-17(16)25-12-4-2/h3,5-10,13H,1,4,11-12H2,2H3,(H,20,23)(H,22,24)/b21-13-. The summed E-state index contributed by atoms with van der Waals surface area (Å²) < 4.78 is 5.76. The van der Waals surface area contributed by atoms with Gasteiger partial charge < -0.3 is 10.1 Å². The lowest BCUT2D eigenvalue weighted by molar-refractivity contribution is -0.139. The normalized spacial score (nSPS) is 10.6. The van der Waals surface area contributed by atoms with Crippen LogP contribution in [-0.4, -0.2) is 31.2 Å². The summed E-state index contributed by atoms with van der Waals surface area (Å²) in [6.45, 7) is 6.29. The summed E-state index contributed by atoms with van der Waals surface area (Å²) in [6.07, 6.45) is 3.86. The third kappa shape index (κ3) is 4.91. The second-order valence-corrected chi connectivity index (χ2v) is 5.24. The van der Waals surface area contributed by atoms with Gasteiger partial charge in [-0.3, -0.25) is 9.59 Å². The van der Waals surface area contributed by atoms with E-state index in [0.717, 1.165) is 22.8 Å². The molecule has 2 amide bonds. The molecule has 2 N–H and O–H groups in total. The minimum Gasteiger partial charge on any atom is -0.493 e. The van der Waals surface area contributed by atoms with E-state index in [2.05, 4.69) is 22.4 Å². The van der Waals surface area contributed by atoms with E-state index < -0.39 is 11.8 Å². The molecule has 0 heterocycles. The fourth-order valence-electron chi connectivity index (χ4n) is 2.20. The molecule has 0 aliphatic heterocycles. The number of hydrogen-bond acceptors (Lipinski definition) is 4. The molecule has 0 unspecified atom stereocenters. The van der Waals surface area contributed by atoms with Crippen LogP contribution in [0.15, 0.2) is 54.2 Å². The van der Waals surface area contributed by atoms with Gasteiger partial charge in [0.25, 0.3) is 0 Å². The molecule has 0 atom stereocenters. The lowest BCUT2D eigenvalue weighted by Crippen LogP contribution is -2.37. The molecular weight excluding hydrogens is 318 g/mol. The Kier molecular flexibility index (Phi) is 6.71. The molecule has 6 heteroatoms. The molecule has 2 rings (SSSR count). The largest absolute Gasteiger partial charge is 0.493 e. The maximum atomic E-state index is 11.7. The second kappa shape index (κ2) is 9.22. The zero-order valence-corrected chi connectivity index (χ0v) is 14.1. The molecule has 0 spiro atoms. The van der Waals surface area contributed by atoms with E-state index in [0.29, 0.717) is 12.4 Å². The zero-order chi connectivity index (χ0) is 18.1. The van der Waals surface area contributed by atoms with E-state index in [4.69, 9.17) is 4.74 Å². The van der Waals surface area contributed by atoms with Crippen molar-refractivity contribution >= 4 is 28.8 Å². The van der Waals surface area contributed by atoms with Crippen molar-refractivity contribution in [1.29, 1.82) is 0 Å². The molecular formula is C19H21N3O3. The number of hydrazone groups is 1. The number of carbonyl (C=O) groups excluding carboxylic acids is 2. The van der Waals surface area contributed by atoms with Crippen LogP contribution < -0.4 is 15.5 Å². The van der Waals surface area contributed by atoms with Gasteiger partial charge in [0.1, 0.15) is 5.75 Å². The Bertz CT molecular complexity index is 800. The highest BCUT2D eigenvalue weighted by atomic mass is 16.5. The third-order valence-electron chi connectivity index (χ3n) is 3.37. The number of benzene rings is 2. The number of carbonyl (C=O) groups is 2. The van der Waals surface area contributed by atoms with E-state index in [9.17, 15) is 9.59 Å². The molecule has 0 saturated heterocycles. The highest BCUT2D eigenvalue weighted by molar-refractivity contribution is 6.35. The fourth-order valence-corrected chi connectivity index (χ4v) is 2.20. The maximum Gasteiger partial charge on any atom is 0.329 e. The van der Waals surface area contributed by atoms with Crippen molar-refractivity contribution in [3.8, 4) is 5.75 Å². The van der Waals surface area contributed by atoms with Crippen molar-refractivity contribution < 1.29 is 14.3 Å². The molecule has 0 radical (unpaired) electrons. The van der Waals surface area contributed by atoms with Crippen LogP contribution in [0.4, 0.5) is 0 Å². The van der Waals surface area contributed by atoms with Crippen molar-refractivity contribution in [3.05, 3.63) is 54.6 Å². The van der Waals surface area contributed by atoms with Crippen LogP contribution in [0.3, 0.4) is 0 Å². The first-order valence-corrected chi connectivity index (χ1v) is 8.04. The molecule has 0 aromatic heterocycles. The number of nitrogens with zero attached hydrogens (tertiary/aromatic N) is 1. The average molecular weight is 339 g/mol. The molecule has 0 bridgehead atoms. The minimum absolute atomic E-state index is 0.217. The number of rotatable bonds is 7. The molecule has 6 nitrogen and oxygen atoms in total. The van der Waals surface area contributed by atoms with Crippen LogP contribution in [0.5, 0.6) is 5.75 Å². The van der Waals surface area contributed by atoms with Crippen LogP contribution in [-0.2, 0) is 9.59 Å². The van der Waals surface area contributed by atoms with E-state index >= 15 is 0 Å². The molecule has 25 heavy (non-hydrogen) atoms. The quantitative estimate of drug-likeness (QED) is 0.352. The summed E-state index contributed by atoms with van der Waals surface area (Å²) in [5.74, 6) is -0.929. The van der Waals surface area contributed by atoms with Crippen LogP contribution in [0.2, 0.25) is 0 Å². The Labute approximate surface area is 146 Å². The molecule has 0 saturated carbocycles. The molecule has 2 aromatic carbocycles. The topological polar surface area (TPSA) is 79.8 Å². The SMILES string of the molecule is C=CCNC(=O)C(=O)N/N=C\c1c(OCCC)ccc2ccccc12. The van der Waals surface area contributed by atoms with Crippen LogP contribution >= 0.6 is 0 Å².